The fourth-order valence-electron chi connectivity index (χ4n) is 4.17. The summed E-state index contributed by atoms with van der Waals surface area (Å²) < 4.78 is 7.68. The first kappa shape index (κ1) is 16.2. The summed E-state index contributed by atoms with van der Waals surface area (Å²) in [5, 5.41) is 8.18. The Morgan fingerprint density at radius 1 is 1.33 bits per heavy atom. The Morgan fingerprint density at radius 3 is 2.96 bits per heavy atom. The van der Waals surface area contributed by atoms with Gasteiger partial charge < -0.3 is 4.74 Å². The molecule has 1 aliphatic heterocycles. The predicted octanol–water partition coefficient (Wildman–Crippen LogP) is 3.28. The molecule has 2 aromatic heterocycles. The van der Waals surface area contributed by atoms with Gasteiger partial charge in [0.05, 0.1) is 18.8 Å². The van der Waals surface area contributed by atoms with Gasteiger partial charge in [-0.1, -0.05) is 12.8 Å². The fourth-order valence-corrected chi connectivity index (χ4v) is 4.83. The third-order valence-corrected chi connectivity index (χ3v) is 6.02. The van der Waals surface area contributed by atoms with Crippen molar-refractivity contribution in [1.82, 2.24) is 19.7 Å². The van der Waals surface area contributed by atoms with Crippen LogP contribution in [0.3, 0.4) is 0 Å². The number of aromatic nitrogens is 3. The zero-order chi connectivity index (χ0) is 16.4. The van der Waals surface area contributed by atoms with Crippen molar-refractivity contribution in [2.24, 2.45) is 5.92 Å². The molecule has 6 heteroatoms. The lowest BCUT2D eigenvalue weighted by Gasteiger charge is -2.30. The summed E-state index contributed by atoms with van der Waals surface area (Å²) in [6.07, 6.45) is 9.68. The Kier molecular flexibility index (Phi) is 4.96. The molecule has 2 aliphatic rings. The van der Waals surface area contributed by atoms with Crippen LogP contribution < -0.4 is 0 Å². The van der Waals surface area contributed by atoms with Gasteiger partial charge in [-0.15, -0.1) is 11.3 Å². The van der Waals surface area contributed by atoms with Crippen molar-refractivity contribution >= 4 is 11.3 Å². The molecule has 24 heavy (non-hydrogen) atoms. The van der Waals surface area contributed by atoms with E-state index in [0.717, 1.165) is 38.7 Å². The second-order valence-electron chi connectivity index (χ2n) is 7.16. The maximum atomic E-state index is 5.48. The SMILES string of the molecule is COC[C@@H]1CN(Cc2nccs2)Cc2cn(CC3CCCC3)nc21. The quantitative estimate of drug-likeness (QED) is 0.805. The van der Waals surface area contributed by atoms with Crippen LogP contribution >= 0.6 is 11.3 Å². The third kappa shape index (κ3) is 3.55. The Labute approximate surface area is 147 Å². The lowest BCUT2D eigenvalue weighted by Crippen LogP contribution is -2.34. The molecule has 0 bridgehead atoms. The van der Waals surface area contributed by atoms with E-state index in [1.54, 1.807) is 18.4 Å². The van der Waals surface area contributed by atoms with Gasteiger partial charge in [-0.2, -0.15) is 5.10 Å². The lowest BCUT2D eigenvalue weighted by molar-refractivity contribution is 0.134. The van der Waals surface area contributed by atoms with E-state index in [4.69, 9.17) is 9.84 Å². The summed E-state index contributed by atoms with van der Waals surface area (Å²) in [7, 11) is 1.79. The molecule has 0 spiro atoms. The molecule has 4 rings (SSSR count). The van der Waals surface area contributed by atoms with E-state index in [9.17, 15) is 0 Å². The largest absolute Gasteiger partial charge is 0.384 e. The fraction of sp³-hybridized carbons (Fsp3) is 0.667. The molecule has 1 aliphatic carbocycles. The Hall–Kier alpha value is -1.24. The molecule has 130 valence electrons. The van der Waals surface area contributed by atoms with Crippen LogP contribution in [0.5, 0.6) is 0 Å². The van der Waals surface area contributed by atoms with Crippen molar-refractivity contribution in [1.29, 1.82) is 0 Å². The van der Waals surface area contributed by atoms with Crippen LogP contribution in [0.2, 0.25) is 0 Å². The van der Waals surface area contributed by atoms with Crippen molar-refractivity contribution in [2.75, 3.05) is 20.3 Å². The first-order chi connectivity index (χ1) is 11.8. The second kappa shape index (κ2) is 7.33. The topological polar surface area (TPSA) is 43.2 Å². The number of hydrogen-bond donors (Lipinski definition) is 0. The first-order valence-electron chi connectivity index (χ1n) is 8.97. The molecule has 5 nitrogen and oxygen atoms in total. The van der Waals surface area contributed by atoms with Gasteiger partial charge >= 0.3 is 0 Å². The number of methoxy groups -OCH3 is 1. The van der Waals surface area contributed by atoms with E-state index >= 15 is 0 Å². The molecular weight excluding hydrogens is 320 g/mol. The summed E-state index contributed by atoms with van der Waals surface area (Å²) >= 11 is 1.73. The van der Waals surface area contributed by atoms with E-state index in [1.165, 1.54) is 41.9 Å². The summed E-state index contributed by atoms with van der Waals surface area (Å²) in [5.41, 5.74) is 2.63. The van der Waals surface area contributed by atoms with Crippen LogP contribution in [0.15, 0.2) is 17.8 Å². The van der Waals surface area contributed by atoms with E-state index < -0.39 is 0 Å². The minimum absolute atomic E-state index is 0.364. The number of rotatable bonds is 6. The molecule has 0 saturated heterocycles. The minimum atomic E-state index is 0.364. The van der Waals surface area contributed by atoms with Crippen molar-refractivity contribution in [3.05, 3.63) is 34.0 Å². The number of ether oxygens (including phenoxy) is 1. The number of fused-ring (bicyclic) bond motifs is 1. The average molecular weight is 347 g/mol. The van der Waals surface area contributed by atoms with Crippen LogP contribution in [0, 0.1) is 5.92 Å². The second-order valence-corrected chi connectivity index (χ2v) is 8.14. The van der Waals surface area contributed by atoms with Crippen LogP contribution in [-0.4, -0.2) is 39.9 Å². The van der Waals surface area contributed by atoms with Gasteiger partial charge in [0.15, 0.2) is 0 Å². The van der Waals surface area contributed by atoms with Crippen LogP contribution in [0.4, 0.5) is 0 Å². The first-order valence-corrected chi connectivity index (χ1v) is 9.85. The van der Waals surface area contributed by atoms with Crippen molar-refractivity contribution in [2.45, 2.75) is 51.2 Å². The van der Waals surface area contributed by atoms with Gasteiger partial charge in [0.2, 0.25) is 0 Å². The van der Waals surface area contributed by atoms with E-state index in [0.29, 0.717) is 5.92 Å². The molecule has 0 N–H and O–H groups in total. The van der Waals surface area contributed by atoms with Gasteiger partial charge in [-0.05, 0) is 18.8 Å². The normalized spacial score (nSPS) is 22.1. The lowest BCUT2D eigenvalue weighted by atomic mass is 9.97. The third-order valence-electron chi connectivity index (χ3n) is 5.26. The minimum Gasteiger partial charge on any atom is -0.384 e. The smallest absolute Gasteiger partial charge is 0.107 e. The van der Waals surface area contributed by atoms with Gasteiger partial charge in [0, 0.05) is 56.0 Å². The maximum absolute atomic E-state index is 5.48. The zero-order valence-electron chi connectivity index (χ0n) is 14.4. The number of thiazole rings is 1. The van der Waals surface area contributed by atoms with E-state index in [2.05, 4.69) is 26.1 Å². The highest BCUT2D eigenvalue weighted by Gasteiger charge is 2.29. The van der Waals surface area contributed by atoms with Gasteiger partial charge in [-0.25, -0.2) is 4.98 Å². The van der Waals surface area contributed by atoms with E-state index in [1.807, 2.05) is 6.20 Å². The molecule has 0 unspecified atom stereocenters. The molecule has 2 aromatic rings. The molecule has 0 radical (unpaired) electrons. The highest BCUT2D eigenvalue weighted by Crippen LogP contribution is 2.30. The Morgan fingerprint density at radius 2 is 2.21 bits per heavy atom. The highest BCUT2D eigenvalue weighted by atomic mass is 32.1. The molecule has 1 atom stereocenters. The monoisotopic (exact) mass is 346 g/mol. The molecule has 0 amide bonds. The van der Waals surface area contributed by atoms with Crippen molar-refractivity contribution in [3.8, 4) is 0 Å². The number of hydrogen-bond acceptors (Lipinski definition) is 5. The summed E-state index contributed by atoms with van der Waals surface area (Å²) in [6.45, 7) is 4.72. The zero-order valence-corrected chi connectivity index (χ0v) is 15.2. The molecule has 1 saturated carbocycles. The van der Waals surface area contributed by atoms with Gasteiger partial charge in [0.1, 0.15) is 5.01 Å². The van der Waals surface area contributed by atoms with Crippen molar-refractivity contribution < 1.29 is 4.74 Å². The average Bonchev–Trinajstić information content (AvgIpc) is 3.29. The molecule has 1 fully saturated rings. The van der Waals surface area contributed by atoms with Crippen LogP contribution in [0.1, 0.15) is 47.9 Å². The molecular formula is C18H26N4OS. The van der Waals surface area contributed by atoms with Crippen LogP contribution in [-0.2, 0) is 24.4 Å². The maximum Gasteiger partial charge on any atom is 0.107 e. The Bertz CT molecular complexity index is 648. The molecule has 0 aromatic carbocycles. The van der Waals surface area contributed by atoms with Crippen LogP contribution in [0.25, 0.3) is 0 Å². The van der Waals surface area contributed by atoms with Gasteiger partial charge in [0.25, 0.3) is 0 Å². The Balaban J connectivity index is 1.50. The summed E-state index contributed by atoms with van der Waals surface area (Å²) in [4.78, 5) is 6.91. The summed E-state index contributed by atoms with van der Waals surface area (Å²) in [6, 6.07) is 0. The highest BCUT2D eigenvalue weighted by molar-refractivity contribution is 7.09. The standard InChI is InChI=1S/C18H26N4OS/c1-23-13-16-10-21(12-17-19-6-7-24-17)9-15-11-22(20-18(15)16)8-14-4-2-3-5-14/h6-7,11,14,16H,2-5,8-10,12-13H2,1H3/t16-/m0/s1. The molecule has 3 heterocycles. The predicted molar refractivity (Wildman–Crippen MR) is 95.0 cm³/mol. The van der Waals surface area contributed by atoms with E-state index in [-0.39, 0.29) is 0 Å². The van der Waals surface area contributed by atoms with Gasteiger partial charge in [-0.3, -0.25) is 9.58 Å². The number of nitrogens with zero attached hydrogens (tertiary/aromatic N) is 4. The summed E-state index contributed by atoms with van der Waals surface area (Å²) in [5.74, 6) is 1.18. The van der Waals surface area contributed by atoms with Crippen molar-refractivity contribution in [3.63, 3.8) is 0 Å².